The smallest absolute Gasteiger partial charge is 0.120 e. The maximum Gasteiger partial charge on any atom is 0.120 e. The fourth-order valence-electron chi connectivity index (χ4n) is 3.27. The number of rotatable bonds is 2. The molecule has 1 heteroatoms. The Morgan fingerprint density at radius 2 is 1.92 bits per heavy atom. The van der Waals surface area contributed by atoms with Gasteiger partial charge >= 0.3 is 0 Å². The molecule has 0 aromatic rings. The van der Waals surface area contributed by atoms with Crippen molar-refractivity contribution < 1.29 is 4.79 Å². The summed E-state index contributed by atoms with van der Waals surface area (Å²) in [5.74, 6) is 2.67. The average molecular weight is 166 g/mol. The summed E-state index contributed by atoms with van der Waals surface area (Å²) in [4.78, 5) is 10.4. The molecule has 2 fully saturated rings. The highest BCUT2D eigenvalue weighted by atomic mass is 16.1. The van der Waals surface area contributed by atoms with Gasteiger partial charge in [0.1, 0.15) is 6.29 Å². The van der Waals surface area contributed by atoms with Gasteiger partial charge in [-0.05, 0) is 37.0 Å². The van der Waals surface area contributed by atoms with E-state index < -0.39 is 0 Å². The molecular formula is C11H18O. The maximum atomic E-state index is 10.4. The highest BCUT2D eigenvalue weighted by Gasteiger charge is 2.36. The lowest BCUT2D eigenvalue weighted by atomic mass is 9.77. The summed E-state index contributed by atoms with van der Waals surface area (Å²) in [5.41, 5.74) is 0. The summed E-state index contributed by atoms with van der Waals surface area (Å²) in [6.45, 7) is 0. The summed E-state index contributed by atoms with van der Waals surface area (Å²) < 4.78 is 0. The zero-order valence-corrected chi connectivity index (χ0v) is 7.67. The van der Waals surface area contributed by atoms with Gasteiger partial charge in [-0.15, -0.1) is 0 Å². The number of carbonyl (C=O) groups is 1. The molecule has 0 N–H and O–H groups in total. The van der Waals surface area contributed by atoms with Gasteiger partial charge in [-0.1, -0.05) is 19.3 Å². The van der Waals surface area contributed by atoms with Crippen molar-refractivity contribution in [2.75, 3.05) is 0 Å². The molecule has 2 saturated carbocycles. The molecule has 68 valence electrons. The van der Waals surface area contributed by atoms with Crippen LogP contribution in [0.15, 0.2) is 0 Å². The van der Waals surface area contributed by atoms with E-state index in [1.165, 1.54) is 38.5 Å². The quantitative estimate of drug-likeness (QED) is 0.576. The monoisotopic (exact) mass is 166 g/mol. The fourth-order valence-corrected chi connectivity index (χ4v) is 3.27. The lowest BCUT2D eigenvalue weighted by molar-refractivity contribution is -0.108. The zero-order chi connectivity index (χ0) is 8.39. The van der Waals surface area contributed by atoms with Crippen molar-refractivity contribution in [1.82, 2.24) is 0 Å². The lowest BCUT2D eigenvalue weighted by Crippen LogP contribution is -2.19. The lowest BCUT2D eigenvalue weighted by Gasteiger charge is -2.28. The molecule has 0 aromatic heterocycles. The number of aldehydes is 1. The van der Waals surface area contributed by atoms with Crippen LogP contribution in [0.5, 0.6) is 0 Å². The van der Waals surface area contributed by atoms with Crippen molar-refractivity contribution >= 4 is 6.29 Å². The molecule has 3 atom stereocenters. The van der Waals surface area contributed by atoms with Gasteiger partial charge in [0.15, 0.2) is 0 Å². The third-order valence-corrected chi connectivity index (χ3v) is 3.88. The summed E-state index contributed by atoms with van der Waals surface area (Å²) >= 11 is 0. The number of hydrogen-bond acceptors (Lipinski definition) is 1. The molecule has 2 aliphatic rings. The van der Waals surface area contributed by atoms with Crippen LogP contribution in [0.1, 0.15) is 44.9 Å². The predicted molar refractivity (Wildman–Crippen MR) is 48.9 cm³/mol. The molecule has 0 radical (unpaired) electrons. The summed E-state index contributed by atoms with van der Waals surface area (Å²) in [6.07, 6.45) is 10.4. The van der Waals surface area contributed by atoms with Crippen molar-refractivity contribution in [2.45, 2.75) is 44.9 Å². The first kappa shape index (κ1) is 8.28. The molecule has 3 unspecified atom stereocenters. The topological polar surface area (TPSA) is 17.1 Å². The minimum absolute atomic E-state index is 0.757. The summed E-state index contributed by atoms with van der Waals surface area (Å²) in [7, 11) is 0. The molecule has 0 spiro atoms. The summed E-state index contributed by atoms with van der Waals surface area (Å²) in [6, 6.07) is 0. The van der Waals surface area contributed by atoms with Gasteiger partial charge in [-0.2, -0.15) is 0 Å². The standard InChI is InChI=1S/C11H18O/c12-8-7-10-6-5-9-3-1-2-4-11(9)10/h8-11H,1-7H2. The van der Waals surface area contributed by atoms with Gasteiger partial charge in [-0.25, -0.2) is 0 Å². The Bertz CT molecular complexity index is 164. The first-order valence-electron chi connectivity index (χ1n) is 5.35. The highest BCUT2D eigenvalue weighted by molar-refractivity contribution is 5.49. The van der Waals surface area contributed by atoms with Crippen LogP contribution in [0.3, 0.4) is 0 Å². The third-order valence-electron chi connectivity index (χ3n) is 3.88. The minimum Gasteiger partial charge on any atom is -0.303 e. The van der Waals surface area contributed by atoms with Gasteiger partial charge in [0.25, 0.3) is 0 Å². The van der Waals surface area contributed by atoms with Gasteiger partial charge in [0.05, 0.1) is 0 Å². The second kappa shape index (κ2) is 3.59. The number of fused-ring (bicyclic) bond motifs is 1. The van der Waals surface area contributed by atoms with Crippen molar-refractivity contribution in [2.24, 2.45) is 17.8 Å². The van der Waals surface area contributed by atoms with Crippen LogP contribution in [0.2, 0.25) is 0 Å². The number of hydrogen-bond donors (Lipinski definition) is 0. The SMILES string of the molecule is O=CCC1CCC2CCCCC12. The number of carbonyl (C=O) groups excluding carboxylic acids is 1. The Labute approximate surface area is 74.5 Å². The molecule has 12 heavy (non-hydrogen) atoms. The van der Waals surface area contributed by atoms with Gasteiger partial charge in [0, 0.05) is 6.42 Å². The van der Waals surface area contributed by atoms with E-state index in [-0.39, 0.29) is 0 Å². The van der Waals surface area contributed by atoms with Crippen molar-refractivity contribution in [1.29, 1.82) is 0 Å². The molecule has 0 aliphatic heterocycles. The van der Waals surface area contributed by atoms with E-state index in [1.807, 2.05) is 0 Å². The van der Waals surface area contributed by atoms with Crippen LogP contribution in [0.4, 0.5) is 0 Å². The van der Waals surface area contributed by atoms with Gasteiger partial charge in [-0.3, -0.25) is 0 Å². The third kappa shape index (κ3) is 1.41. The van der Waals surface area contributed by atoms with E-state index in [4.69, 9.17) is 0 Å². The maximum absolute atomic E-state index is 10.4. The fraction of sp³-hybridized carbons (Fsp3) is 0.909. The van der Waals surface area contributed by atoms with E-state index in [9.17, 15) is 4.79 Å². The van der Waals surface area contributed by atoms with Crippen LogP contribution in [-0.2, 0) is 4.79 Å². The van der Waals surface area contributed by atoms with Crippen molar-refractivity contribution in [3.05, 3.63) is 0 Å². The Balaban J connectivity index is 1.96. The normalized spacial score (nSPS) is 40.8. The largest absolute Gasteiger partial charge is 0.303 e. The predicted octanol–water partition coefficient (Wildman–Crippen LogP) is 2.79. The second-order valence-corrected chi connectivity index (χ2v) is 4.45. The van der Waals surface area contributed by atoms with Crippen LogP contribution in [0.25, 0.3) is 0 Å². The van der Waals surface area contributed by atoms with E-state index in [1.54, 1.807) is 0 Å². The first-order valence-corrected chi connectivity index (χ1v) is 5.35. The van der Waals surface area contributed by atoms with Gasteiger partial charge < -0.3 is 4.79 Å². The van der Waals surface area contributed by atoms with Crippen LogP contribution >= 0.6 is 0 Å². The zero-order valence-electron chi connectivity index (χ0n) is 7.67. The molecule has 0 saturated heterocycles. The Morgan fingerprint density at radius 1 is 1.08 bits per heavy atom. The van der Waals surface area contributed by atoms with E-state index in [0.29, 0.717) is 0 Å². The molecule has 0 amide bonds. The van der Waals surface area contributed by atoms with Crippen LogP contribution in [0, 0.1) is 17.8 Å². The Hall–Kier alpha value is -0.330. The van der Waals surface area contributed by atoms with Crippen molar-refractivity contribution in [3.8, 4) is 0 Å². The molecule has 0 aromatic carbocycles. The molecular weight excluding hydrogens is 148 g/mol. The minimum atomic E-state index is 0.757. The molecule has 0 heterocycles. The van der Waals surface area contributed by atoms with E-state index >= 15 is 0 Å². The van der Waals surface area contributed by atoms with E-state index in [2.05, 4.69) is 0 Å². The van der Waals surface area contributed by atoms with Gasteiger partial charge in [0.2, 0.25) is 0 Å². The second-order valence-electron chi connectivity index (χ2n) is 4.45. The Morgan fingerprint density at radius 3 is 2.75 bits per heavy atom. The van der Waals surface area contributed by atoms with E-state index in [0.717, 1.165) is 30.5 Å². The van der Waals surface area contributed by atoms with Crippen molar-refractivity contribution in [3.63, 3.8) is 0 Å². The first-order chi connectivity index (χ1) is 5.92. The Kier molecular flexibility index (Phi) is 2.48. The average Bonchev–Trinajstić information content (AvgIpc) is 2.50. The highest BCUT2D eigenvalue weighted by Crippen LogP contribution is 2.46. The van der Waals surface area contributed by atoms with Crippen LogP contribution < -0.4 is 0 Å². The van der Waals surface area contributed by atoms with Crippen LogP contribution in [-0.4, -0.2) is 6.29 Å². The molecule has 1 nitrogen and oxygen atoms in total. The molecule has 0 bridgehead atoms. The molecule has 2 rings (SSSR count). The summed E-state index contributed by atoms with van der Waals surface area (Å²) in [5, 5.41) is 0. The molecule has 2 aliphatic carbocycles.